The zero-order valence-corrected chi connectivity index (χ0v) is 72.7. The highest BCUT2D eigenvalue weighted by Gasteiger charge is 2.36. The Balaban J connectivity index is 0.000000105. The van der Waals surface area contributed by atoms with E-state index in [-0.39, 0.29) is 5.41 Å². The van der Waals surface area contributed by atoms with Gasteiger partial charge in [-0.1, -0.05) is 378 Å². The lowest BCUT2D eigenvalue weighted by Crippen LogP contribution is -2.15. The fourth-order valence-electron chi connectivity index (χ4n) is 20.6. The molecule has 0 unspecified atom stereocenters. The molecule has 21 aromatic carbocycles. The van der Waals surface area contributed by atoms with Crippen LogP contribution in [-0.4, -0.2) is 39.9 Å². The van der Waals surface area contributed by atoms with E-state index in [9.17, 15) is 0 Å². The first-order valence-electron chi connectivity index (χ1n) is 45.2. The third kappa shape index (κ3) is 12.9. The molecule has 134 heavy (non-hydrogen) atoms. The van der Waals surface area contributed by atoms with Crippen LogP contribution in [0.5, 0.6) is 0 Å². The van der Waals surface area contributed by atoms with Crippen molar-refractivity contribution in [1.82, 2.24) is 39.9 Å². The molecule has 0 amide bonds. The minimum atomic E-state index is -0.135. The maximum atomic E-state index is 6.53. The van der Waals surface area contributed by atoms with Gasteiger partial charge in [-0.3, -0.25) is 0 Å². The Morgan fingerprint density at radius 1 is 0.172 bits per heavy atom. The van der Waals surface area contributed by atoms with Gasteiger partial charge in [0, 0.05) is 98.4 Å². The quantitative estimate of drug-likeness (QED) is 0.127. The maximum Gasteiger partial charge on any atom is 0.164 e. The number of rotatable bonds is 9. The lowest BCUT2D eigenvalue weighted by molar-refractivity contribution is 0.660. The second-order valence-corrected chi connectivity index (χ2v) is 35.0. The van der Waals surface area contributed by atoms with Gasteiger partial charge >= 0.3 is 0 Å². The number of nitrogens with zero attached hydrogens (tertiary/aromatic N) is 8. The minimum absolute atomic E-state index is 0.135. The molecule has 11 nitrogen and oxygen atoms in total. The van der Waals surface area contributed by atoms with Crippen LogP contribution >= 0.6 is 0 Å². The summed E-state index contributed by atoms with van der Waals surface area (Å²) in [6.07, 6.45) is 0. The van der Waals surface area contributed by atoms with Crippen LogP contribution in [-0.2, 0) is 5.41 Å². The third-order valence-electron chi connectivity index (χ3n) is 26.9. The fraction of sp³-hybridized carbons (Fsp3) is 0.0244. The van der Waals surface area contributed by atoms with Crippen molar-refractivity contribution in [2.24, 2.45) is 0 Å². The number of para-hydroxylation sites is 5. The highest BCUT2D eigenvalue weighted by molar-refractivity contribution is 6.33. The number of furan rings is 3. The molecule has 28 rings (SSSR count). The Labute approximate surface area is 768 Å². The molecule has 0 atom stereocenters. The monoisotopic (exact) mass is 1710 g/mol. The van der Waals surface area contributed by atoms with Crippen molar-refractivity contribution >= 4 is 152 Å². The Kier molecular flexibility index (Phi) is 18.0. The lowest BCUT2D eigenvalue weighted by atomic mass is 9.82. The summed E-state index contributed by atoms with van der Waals surface area (Å²) in [6.45, 7) is 4.60. The second kappa shape index (κ2) is 31.3. The Hall–Kier alpha value is -17.8. The topological polar surface area (TPSA) is 143 Å². The molecule has 0 spiro atoms. The molecule has 0 fully saturated rings. The Bertz CT molecular complexity index is 9460. The van der Waals surface area contributed by atoms with Crippen LogP contribution in [0.4, 0.5) is 0 Å². The van der Waals surface area contributed by atoms with Gasteiger partial charge in [-0.2, -0.15) is 0 Å². The highest BCUT2D eigenvalue weighted by atomic mass is 16.3. The summed E-state index contributed by atoms with van der Waals surface area (Å²) in [5, 5.41) is 23.1. The van der Waals surface area contributed by atoms with Gasteiger partial charge in [0.25, 0.3) is 0 Å². The van der Waals surface area contributed by atoms with E-state index in [1.807, 2.05) is 146 Å². The molecule has 27 aromatic rings. The molecule has 6 aromatic heterocycles. The van der Waals surface area contributed by atoms with Gasteiger partial charge in [0.05, 0.1) is 22.4 Å². The summed E-state index contributed by atoms with van der Waals surface area (Å²) in [6, 6.07) is 147. The van der Waals surface area contributed by atoms with Crippen molar-refractivity contribution in [2.45, 2.75) is 19.3 Å². The highest BCUT2D eigenvalue weighted by Crippen LogP contribution is 2.53. The van der Waals surface area contributed by atoms with E-state index in [4.69, 9.17) is 53.1 Å². The number of hydrogen-bond donors (Lipinski definition) is 0. The summed E-state index contributed by atoms with van der Waals surface area (Å²) in [5.74, 6) is 3.79. The number of fused-ring (bicyclic) bond motifs is 26. The molecule has 6 heterocycles. The number of aromatic nitrogens is 8. The summed E-state index contributed by atoms with van der Waals surface area (Å²) in [7, 11) is 0. The van der Waals surface area contributed by atoms with Crippen molar-refractivity contribution in [2.75, 3.05) is 0 Å². The Morgan fingerprint density at radius 2 is 0.515 bits per heavy atom. The van der Waals surface area contributed by atoms with Gasteiger partial charge in [-0.05, 0) is 153 Å². The molecule has 0 radical (unpaired) electrons. The van der Waals surface area contributed by atoms with Crippen LogP contribution in [0, 0.1) is 0 Å². The minimum Gasteiger partial charge on any atom is -0.456 e. The normalized spacial score (nSPS) is 12.3. The smallest absolute Gasteiger partial charge is 0.164 e. The van der Waals surface area contributed by atoms with Crippen LogP contribution in [0.2, 0.25) is 0 Å². The van der Waals surface area contributed by atoms with Crippen LogP contribution in [0.1, 0.15) is 25.0 Å². The summed E-state index contributed by atoms with van der Waals surface area (Å²) in [5.41, 5.74) is 23.4. The summed E-state index contributed by atoms with van der Waals surface area (Å²) < 4.78 is 19.6. The first kappa shape index (κ1) is 77.3. The first-order valence-corrected chi connectivity index (χ1v) is 45.2. The molecule has 0 saturated carbocycles. The predicted octanol–water partition coefficient (Wildman–Crippen LogP) is 32.5. The van der Waals surface area contributed by atoms with E-state index < -0.39 is 0 Å². The molecule has 0 saturated heterocycles. The molecule has 0 aliphatic heterocycles. The molecule has 1 aliphatic carbocycles. The van der Waals surface area contributed by atoms with Gasteiger partial charge in [-0.25, -0.2) is 39.9 Å². The first-order chi connectivity index (χ1) is 66.2. The van der Waals surface area contributed by atoms with Crippen LogP contribution in [0.3, 0.4) is 0 Å². The average molecular weight is 1710 g/mol. The summed E-state index contributed by atoms with van der Waals surface area (Å²) in [4.78, 5) is 41.1. The van der Waals surface area contributed by atoms with Crippen molar-refractivity contribution in [3.8, 4) is 113 Å². The predicted molar refractivity (Wildman–Crippen MR) is 550 cm³/mol. The van der Waals surface area contributed by atoms with Crippen molar-refractivity contribution in [3.05, 3.63) is 436 Å². The molecule has 1 aliphatic rings. The molecule has 11 heteroatoms. The van der Waals surface area contributed by atoms with Crippen LogP contribution < -0.4 is 0 Å². The van der Waals surface area contributed by atoms with E-state index in [2.05, 4.69) is 293 Å². The lowest BCUT2D eigenvalue weighted by Gasteiger charge is -2.21. The van der Waals surface area contributed by atoms with E-state index in [0.717, 1.165) is 165 Å². The largest absolute Gasteiger partial charge is 0.456 e. The van der Waals surface area contributed by atoms with Gasteiger partial charge in [-0.15, -0.1) is 0 Å². The van der Waals surface area contributed by atoms with Crippen molar-refractivity contribution < 1.29 is 13.3 Å². The average Bonchev–Trinajstić information content (AvgIpc) is 1.46. The van der Waals surface area contributed by atoms with Crippen molar-refractivity contribution in [1.29, 1.82) is 0 Å². The van der Waals surface area contributed by atoms with Crippen molar-refractivity contribution in [3.63, 3.8) is 0 Å². The molecule has 626 valence electrons. The zero-order chi connectivity index (χ0) is 88.6. The Morgan fingerprint density at radius 3 is 1.02 bits per heavy atom. The van der Waals surface area contributed by atoms with Crippen LogP contribution in [0.15, 0.2) is 438 Å². The van der Waals surface area contributed by atoms with Gasteiger partial charge < -0.3 is 13.3 Å². The maximum absolute atomic E-state index is 6.53. The second-order valence-electron chi connectivity index (χ2n) is 35.0. The van der Waals surface area contributed by atoms with Gasteiger partial charge in [0.2, 0.25) is 0 Å². The molecular formula is C123H76N8O3. The molecule has 0 N–H and O–H groups in total. The number of hydrogen-bond acceptors (Lipinski definition) is 11. The van der Waals surface area contributed by atoms with Gasteiger partial charge in [0.1, 0.15) is 33.5 Å². The fourth-order valence-corrected chi connectivity index (χ4v) is 20.6. The SMILES string of the molecule is CC1(C)c2ccccc2-c2ccc(-c3nc(-c4ccccc4)nc(-c4cc5oc6ccccc6c5c5c4ccc4ccccc45)n3)cc21.c1ccc(-c2nc(-c3ccccc3)nc(-c3ccccc3-c3cc4oc5ccccc5c4c4c3ccc3ccccc34)n2)cc1.c1ccc2cc(-c3nc4ccccc4nc3-c3cc4oc5ccccc5c4c4c3ccc3ccccc34)ccc2c1. The van der Waals surface area contributed by atoms with Crippen LogP contribution in [0.25, 0.3) is 265 Å². The summed E-state index contributed by atoms with van der Waals surface area (Å²) >= 11 is 0. The van der Waals surface area contributed by atoms with E-state index in [1.54, 1.807) is 0 Å². The molecule has 0 bridgehead atoms. The van der Waals surface area contributed by atoms with Gasteiger partial charge in [0.15, 0.2) is 34.9 Å². The molecular weight excluding hydrogens is 1640 g/mol. The zero-order valence-electron chi connectivity index (χ0n) is 72.7. The van der Waals surface area contributed by atoms with E-state index in [0.29, 0.717) is 34.9 Å². The van der Waals surface area contributed by atoms with E-state index >= 15 is 0 Å². The standard InChI is InChI=1S/C44H29N3O.C41H25N3O.C38H22N2O/c1-44(2)35-18-10-8-16-30(35)31-22-21-28(24-36(31)44)42-45-41(27-13-4-3-5-14-27)46-43(47-42)34-25-38-40(33-17-9-11-19-37(33)48-38)39-29-15-7-6-12-26(29)20-23-32(34)39;1-3-14-27(15-4-1)39-42-40(28-16-5-2-6-17-28)44-41(43-39)32-20-10-9-19-30(32)34-25-36-38(33-21-11-12-22-35(33)45-36)37-29-18-8-7-13-26(29)23-24-31(34)37;1-2-11-25-21-26(18-17-23(25)9-1)37-38(40-32-15-7-6-14-31(32)39-37)30-22-34-36(29-13-5-8-16-33(29)41-34)35-27-12-4-3-10-24(27)19-20-28(30)35/h3-25H,1-2H3;1-25H;1-22H. The third-order valence-corrected chi connectivity index (χ3v) is 26.9. The number of benzene rings is 21. The van der Waals surface area contributed by atoms with E-state index in [1.165, 1.54) is 76.1 Å².